The lowest BCUT2D eigenvalue weighted by atomic mass is 10.3. The second-order valence-electron chi connectivity index (χ2n) is 2.64. The van der Waals surface area contributed by atoms with Crippen LogP contribution in [0.4, 0.5) is 5.69 Å². The van der Waals surface area contributed by atoms with Gasteiger partial charge in [-0.15, -0.1) is 0 Å². The molecular weight excluding hydrogens is 208 g/mol. The summed E-state index contributed by atoms with van der Waals surface area (Å²) in [5.74, 6) is 0.778. The predicted molar refractivity (Wildman–Crippen MR) is 55.5 cm³/mol. The summed E-state index contributed by atoms with van der Waals surface area (Å²) in [7, 11) is 1.62. The van der Waals surface area contributed by atoms with E-state index in [0.29, 0.717) is 5.02 Å². The maximum atomic E-state index is 5.99. The topological polar surface area (TPSA) is 47.3 Å². The monoisotopic (exact) mass is 216 g/mol. The number of anilines is 1. The Hall–Kier alpha value is -0.580. The van der Waals surface area contributed by atoms with Crippen LogP contribution in [0, 0.1) is 0 Å². The summed E-state index contributed by atoms with van der Waals surface area (Å²) in [6, 6.07) is 3.64. The minimum atomic E-state index is -0.135. The third kappa shape index (κ3) is 1.45. The number of fused-ring (bicyclic) bond motifs is 1. The Bertz CT molecular complexity index is 345. The first kappa shape index (κ1) is 8.99. The molecule has 0 saturated carbocycles. The third-order valence-electron chi connectivity index (χ3n) is 1.82. The van der Waals surface area contributed by atoms with Crippen LogP contribution in [0.2, 0.25) is 5.02 Å². The van der Waals surface area contributed by atoms with Gasteiger partial charge in [0.25, 0.3) is 0 Å². The van der Waals surface area contributed by atoms with Crippen molar-refractivity contribution in [3.63, 3.8) is 0 Å². The largest absolute Gasteiger partial charge is 0.495 e. The first-order chi connectivity index (χ1) is 6.22. The van der Waals surface area contributed by atoms with E-state index in [-0.39, 0.29) is 5.50 Å². The molecule has 13 heavy (non-hydrogen) atoms. The zero-order valence-electron chi connectivity index (χ0n) is 7.00. The van der Waals surface area contributed by atoms with Gasteiger partial charge in [-0.05, 0) is 12.1 Å². The molecular formula is C8H9ClN2OS. The molecule has 1 aromatic carbocycles. The van der Waals surface area contributed by atoms with Gasteiger partial charge in [-0.1, -0.05) is 23.4 Å². The van der Waals surface area contributed by atoms with Gasteiger partial charge in [-0.3, -0.25) is 0 Å². The molecule has 3 nitrogen and oxygen atoms in total. The molecule has 1 aromatic rings. The maximum absolute atomic E-state index is 5.99. The molecule has 1 aliphatic heterocycles. The predicted octanol–water partition coefficient (Wildman–Crippen LogP) is 2.11. The van der Waals surface area contributed by atoms with Crippen molar-refractivity contribution in [3.8, 4) is 5.75 Å². The molecule has 2 rings (SSSR count). The minimum absolute atomic E-state index is 0.135. The van der Waals surface area contributed by atoms with Crippen LogP contribution in [-0.2, 0) is 0 Å². The second-order valence-corrected chi connectivity index (χ2v) is 4.20. The highest BCUT2D eigenvalue weighted by Crippen LogP contribution is 2.46. The number of nitrogens with two attached hydrogens (primary N) is 1. The number of halogens is 1. The summed E-state index contributed by atoms with van der Waals surface area (Å²) in [6.45, 7) is 0. The number of methoxy groups -OCH3 is 1. The van der Waals surface area contributed by atoms with E-state index in [0.717, 1.165) is 16.3 Å². The van der Waals surface area contributed by atoms with Crippen molar-refractivity contribution in [1.29, 1.82) is 0 Å². The molecule has 1 aliphatic rings. The molecule has 3 N–H and O–H groups in total. The lowest BCUT2D eigenvalue weighted by Gasteiger charge is -2.07. The summed E-state index contributed by atoms with van der Waals surface area (Å²) < 4.78 is 5.17. The number of rotatable bonds is 1. The Kier molecular flexibility index (Phi) is 2.27. The fourth-order valence-electron chi connectivity index (χ4n) is 1.26. The summed E-state index contributed by atoms with van der Waals surface area (Å²) in [4.78, 5) is 0.966. The zero-order chi connectivity index (χ0) is 9.42. The summed E-state index contributed by atoms with van der Waals surface area (Å²) in [5, 5.41) is 3.80. The highest BCUT2D eigenvalue weighted by atomic mass is 35.5. The van der Waals surface area contributed by atoms with E-state index < -0.39 is 0 Å². The molecule has 0 amide bonds. The van der Waals surface area contributed by atoms with Crippen LogP contribution in [0.5, 0.6) is 5.75 Å². The quantitative estimate of drug-likeness (QED) is 0.755. The molecule has 0 spiro atoms. The molecule has 1 atom stereocenters. The first-order valence-electron chi connectivity index (χ1n) is 3.77. The van der Waals surface area contributed by atoms with Gasteiger partial charge in [-0.2, -0.15) is 0 Å². The fraction of sp³-hybridized carbons (Fsp3) is 0.250. The van der Waals surface area contributed by atoms with Gasteiger partial charge in [-0.25, -0.2) is 0 Å². The Balaban J connectivity index is 2.52. The molecule has 0 fully saturated rings. The van der Waals surface area contributed by atoms with Crippen LogP contribution >= 0.6 is 23.4 Å². The molecule has 0 aliphatic carbocycles. The Morgan fingerprint density at radius 1 is 1.62 bits per heavy atom. The van der Waals surface area contributed by atoms with Crippen molar-refractivity contribution in [2.24, 2.45) is 5.73 Å². The standard InChI is InChI=1S/C8H9ClN2OS/c1-12-5-3-2-4(9)7-6(5)11-8(10)13-7/h2-3,8,11H,10H2,1H3. The summed E-state index contributed by atoms with van der Waals surface area (Å²) in [5.41, 5.74) is 6.48. The van der Waals surface area contributed by atoms with Crippen LogP contribution in [0.1, 0.15) is 0 Å². The number of hydrogen-bond acceptors (Lipinski definition) is 4. The highest BCUT2D eigenvalue weighted by Gasteiger charge is 2.23. The summed E-state index contributed by atoms with van der Waals surface area (Å²) in [6.07, 6.45) is 0. The van der Waals surface area contributed by atoms with Gasteiger partial charge in [0.05, 0.1) is 22.7 Å². The van der Waals surface area contributed by atoms with E-state index in [1.807, 2.05) is 12.1 Å². The molecule has 0 bridgehead atoms. The summed E-state index contributed by atoms with van der Waals surface area (Å²) >= 11 is 7.49. The number of benzene rings is 1. The van der Waals surface area contributed by atoms with Crippen molar-refractivity contribution in [2.45, 2.75) is 10.4 Å². The molecule has 1 heterocycles. The molecule has 0 aromatic heterocycles. The first-order valence-corrected chi connectivity index (χ1v) is 5.03. The van der Waals surface area contributed by atoms with Gasteiger partial charge in [0.2, 0.25) is 0 Å². The average molecular weight is 217 g/mol. The highest BCUT2D eigenvalue weighted by molar-refractivity contribution is 8.00. The van der Waals surface area contributed by atoms with E-state index >= 15 is 0 Å². The molecule has 70 valence electrons. The lowest BCUT2D eigenvalue weighted by molar-refractivity contribution is 0.415. The number of nitrogens with one attached hydrogen (secondary N) is 1. The van der Waals surface area contributed by atoms with Gasteiger partial charge >= 0.3 is 0 Å². The second kappa shape index (κ2) is 3.29. The molecule has 0 saturated heterocycles. The van der Waals surface area contributed by atoms with Crippen LogP contribution in [0.3, 0.4) is 0 Å². The van der Waals surface area contributed by atoms with E-state index in [2.05, 4.69) is 5.32 Å². The molecule has 5 heteroatoms. The molecule has 1 unspecified atom stereocenters. The fourth-order valence-corrected chi connectivity index (χ4v) is 2.44. The van der Waals surface area contributed by atoms with Gasteiger partial charge in [0, 0.05) is 0 Å². The Morgan fingerprint density at radius 2 is 2.38 bits per heavy atom. The maximum Gasteiger partial charge on any atom is 0.143 e. The Morgan fingerprint density at radius 3 is 3.08 bits per heavy atom. The smallest absolute Gasteiger partial charge is 0.143 e. The van der Waals surface area contributed by atoms with Crippen molar-refractivity contribution in [3.05, 3.63) is 17.2 Å². The van der Waals surface area contributed by atoms with Crippen molar-refractivity contribution in [2.75, 3.05) is 12.4 Å². The third-order valence-corrected chi connectivity index (χ3v) is 3.28. The van der Waals surface area contributed by atoms with Crippen molar-refractivity contribution < 1.29 is 4.74 Å². The molecule has 0 radical (unpaired) electrons. The van der Waals surface area contributed by atoms with Crippen LogP contribution in [-0.4, -0.2) is 12.6 Å². The van der Waals surface area contributed by atoms with Crippen molar-refractivity contribution in [1.82, 2.24) is 0 Å². The van der Waals surface area contributed by atoms with Crippen LogP contribution in [0.25, 0.3) is 0 Å². The number of hydrogen-bond donors (Lipinski definition) is 2. The van der Waals surface area contributed by atoms with Gasteiger partial charge < -0.3 is 15.8 Å². The lowest BCUT2D eigenvalue weighted by Crippen LogP contribution is -2.20. The van der Waals surface area contributed by atoms with Crippen LogP contribution in [0.15, 0.2) is 17.0 Å². The van der Waals surface area contributed by atoms with E-state index in [1.54, 1.807) is 7.11 Å². The van der Waals surface area contributed by atoms with Crippen molar-refractivity contribution >= 4 is 29.1 Å². The van der Waals surface area contributed by atoms with Crippen LogP contribution < -0.4 is 15.8 Å². The van der Waals surface area contributed by atoms with Gasteiger partial charge in [0.15, 0.2) is 0 Å². The van der Waals surface area contributed by atoms with Gasteiger partial charge in [0.1, 0.15) is 11.2 Å². The van der Waals surface area contributed by atoms with E-state index in [1.165, 1.54) is 11.8 Å². The normalized spacial score (nSPS) is 19.5. The number of ether oxygens (including phenoxy) is 1. The SMILES string of the molecule is COc1ccc(Cl)c2c1NC(N)S2. The van der Waals surface area contributed by atoms with E-state index in [4.69, 9.17) is 22.1 Å². The number of thioether (sulfide) groups is 1. The zero-order valence-corrected chi connectivity index (χ0v) is 8.58. The van der Waals surface area contributed by atoms with E-state index in [9.17, 15) is 0 Å². The minimum Gasteiger partial charge on any atom is -0.495 e. The Labute approximate surface area is 85.6 Å². The average Bonchev–Trinajstić information content (AvgIpc) is 2.48.